The van der Waals surface area contributed by atoms with Gasteiger partial charge in [0.15, 0.2) is 5.65 Å². The highest BCUT2D eigenvalue weighted by Gasteiger charge is 2.10. The molecule has 0 aliphatic rings. The van der Waals surface area contributed by atoms with Gasteiger partial charge in [0.25, 0.3) is 0 Å². The molecule has 0 radical (unpaired) electrons. The summed E-state index contributed by atoms with van der Waals surface area (Å²) in [7, 11) is 0. The second-order valence-corrected chi connectivity index (χ2v) is 6.13. The van der Waals surface area contributed by atoms with Gasteiger partial charge in [-0.1, -0.05) is 12.1 Å². The Balaban J connectivity index is 1.51. The van der Waals surface area contributed by atoms with Gasteiger partial charge < -0.3 is 14.7 Å². The second-order valence-electron chi connectivity index (χ2n) is 6.13. The summed E-state index contributed by atoms with van der Waals surface area (Å²) < 4.78 is 5.18. The van der Waals surface area contributed by atoms with Crippen LogP contribution in [0.15, 0.2) is 71.4 Å². The van der Waals surface area contributed by atoms with Crippen molar-refractivity contribution in [3.63, 3.8) is 0 Å². The Labute approximate surface area is 153 Å². The number of nitrogens with one attached hydrogen (secondary N) is 2. The number of para-hydroxylation sites is 2. The molecule has 0 bridgehead atoms. The van der Waals surface area contributed by atoms with Gasteiger partial charge in [-0.2, -0.15) is 0 Å². The lowest BCUT2D eigenvalue weighted by molar-refractivity contribution is -0.111. The molecule has 130 valence electrons. The topological polar surface area (TPSA) is 83.8 Å². The van der Waals surface area contributed by atoms with Gasteiger partial charge in [-0.3, -0.25) is 4.79 Å². The van der Waals surface area contributed by atoms with E-state index in [-0.39, 0.29) is 5.91 Å². The fraction of sp³-hybridized carbons (Fsp3) is 0. The number of carbonyl (C=O) groups excluding carboxylic acids is 1. The SMILES string of the molecule is O=C(C=Cc1ccco1)Nc1ccc2[nH]c3nc4ccccc4nc3c2c1. The van der Waals surface area contributed by atoms with Gasteiger partial charge in [0.2, 0.25) is 5.91 Å². The van der Waals surface area contributed by atoms with Crippen LogP contribution < -0.4 is 5.32 Å². The summed E-state index contributed by atoms with van der Waals surface area (Å²) in [6, 6.07) is 17.0. The molecule has 0 aliphatic carbocycles. The van der Waals surface area contributed by atoms with E-state index >= 15 is 0 Å². The number of furan rings is 1. The summed E-state index contributed by atoms with van der Waals surface area (Å²) in [5.41, 5.74) is 4.79. The molecule has 0 atom stereocenters. The summed E-state index contributed by atoms with van der Waals surface area (Å²) in [6.45, 7) is 0. The Kier molecular flexibility index (Phi) is 3.47. The van der Waals surface area contributed by atoms with Crippen LogP contribution in [0.1, 0.15) is 5.76 Å². The van der Waals surface area contributed by atoms with Crippen molar-refractivity contribution in [3.05, 3.63) is 72.7 Å². The summed E-state index contributed by atoms with van der Waals surface area (Å²) in [6.07, 6.45) is 4.62. The van der Waals surface area contributed by atoms with Crippen LogP contribution in [0.3, 0.4) is 0 Å². The van der Waals surface area contributed by atoms with Crippen molar-refractivity contribution in [1.82, 2.24) is 15.0 Å². The van der Waals surface area contributed by atoms with Crippen molar-refractivity contribution in [2.45, 2.75) is 0 Å². The zero-order valence-corrected chi connectivity index (χ0v) is 14.1. The van der Waals surface area contributed by atoms with Gasteiger partial charge in [-0.05, 0) is 48.5 Å². The van der Waals surface area contributed by atoms with E-state index in [2.05, 4.69) is 15.3 Å². The molecule has 3 heterocycles. The van der Waals surface area contributed by atoms with E-state index in [0.717, 1.165) is 33.1 Å². The van der Waals surface area contributed by atoms with E-state index in [9.17, 15) is 4.79 Å². The first kappa shape index (κ1) is 15.3. The monoisotopic (exact) mass is 354 g/mol. The highest BCUT2D eigenvalue weighted by molar-refractivity contribution is 6.08. The van der Waals surface area contributed by atoms with E-state index < -0.39 is 0 Å². The Morgan fingerprint density at radius 3 is 2.70 bits per heavy atom. The first-order valence-electron chi connectivity index (χ1n) is 8.47. The maximum Gasteiger partial charge on any atom is 0.248 e. The maximum absolute atomic E-state index is 12.1. The predicted molar refractivity (Wildman–Crippen MR) is 105 cm³/mol. The number of aromatic nitrogens is 3. The minimum absolute atomic E-state index is 0.234. The smallest absolute Gasteiger partial charge is 0.248 e. The molecule has 0 aliphatic heterocycles. The van der Waals surface area contributed by atoms with Gasteiger partial charge in [-0.25, -0.2) is 9.97 Å². The van der Waals surface area contributed by atoms with E-state index in [1.54, 1.807) is 24.5 Å². The van der Waals surface area contributed by atoms with Crippen LogP contribution in [-0.2, 0) is 4.79 Å². The van der Waals surface area contributed by atoms with E-state index in [0.29, 0.717) is 11.4 Å². The number of fused-ring (bicyclic) bond motifs is 4. The number of rotatable bonds is 3. The van der Waals surface area contributed by atoms with Crippen LogP contribution in [0, 0.1) is 0 Å². The van der Waals surface area contributed by atoms with Crippen molar-refractivity contribution < 1.29 is 9.21 Å². The molecular formula is C21H14N4O2. The number of hydrogen-bond donors (Lipinski definition) is 2. The molecule has 27 heavy (non-hydrogen) atoms. The second kappa shape index (κ2) is 6.10. The van der Waals surface area contributed by atoms with Crippen molar-refractivity contribution in [3.8, 4) is 0 Å². The lowest BCUT2D eigenvalue weighted by atomic mass is 10.2. The van der Waals surface area contributed by atoms with Gasteiger partial charge in [0.1, 0.15) is 11.3 Å². The number of hydrogen-bond acceptors (Lipinski definition) is 4. The highest BCUT2D eigenvalue weighted by Crippen LogP contribution is 2.27. The molecule has 2 aromatic carbocycles. The lowest BCUT2D eigenvalue weighted by Gasteiger charge is -2.02. The molecule has 5 aromatic rings. The number of carbonyl (C=O) groups is 1. The highest BCUT2D eigenvalue weighted by atomic mass is 16.3. The number of anilines is 1. The molecule has 0 fully saturated rings. The fourth-order valence-electron chi connectivity index (χ4n) is 3.06. The molecule has 0 spiro atoms. The molecule has 0 saturated heterocycles. The summed E-state index contributed by atoms with van der Waals surface area (Å²) in [4.78, 5) is 24.8. The van der Waals surface area contributed by atoms with Crippen molar-refractivity contribution in [2.24, 2.45) is 0 Å². The van der Waals surface area contributed by atoms with Crippen LogP contribution in [-0.4, -0.2) is 20.9 Å². The van der Waals surface area contributed by atoms with Crippen molar-refractivity contribution in [1.29, 1.82) is 0 Å². The van der Waals surface area contributed by atoms with E-state index in [1.807, 2.05) is 42.5 Å². The minimum Gasteiger partial charge on any atom is -0.465 e. The van der Waals surface area contributed by atoms with Gasteiger partial charge in [0, 0.05) is 22.7 Å². The molecule has 0 saturated carbocycles. The molecule has 6 nitrogen and oxygen atoms in total. The summed E-state index contributed by atoms with van der Waals surface area (Å²) in [5.74, 6) is 0.390. The zero-order valence-electron chi connectivity index (χ0n) is 14.1. The maximum atomic E-state index is 12.1. The Morgan fingerprint density at radius 2 is 1.89 bits per heavy atom. The quantitative estimate of drug-likeness (QED) is 0.467. The normalized spacial score (nSPS) is 11.7. The van der Waals surface area contributed by atoms with E-state index in [4.69, 9.17) is 9.40 Å². The van der Waals surface area contributed by atoms with Crippen molar-refractivity contribution in [2.75, 3.05) is 5.32 Å². The molecule has 6 heteroatoms. The van der Waals surface area contributed by atoms with Gasteiger partial charge >= 0.3 is 0 Å². The van der Waals surface area contributed by atoms with Crippen LogP contribution in [0.25, 0.3) is 39.2 Å². The Morgan fingerprint density at radius 1 is 1.04 bits per heavy atom. The summed E-state index contributed by atoms with van der Waals surface area (Å²) >= 11 is 0. The minimum atomic E-state index is -0.234. The van der Waals surface area contributed by atoms with Crippen LogP contribution in [0.2, 0.25) is 0 Å². The van der Waals surface area contributed by atoms with E-state index in [1.165, 1.54) is 6.08 Å². The summed E-state index contributed by atoms with van der Waals surface area (Å²) in [5, 5.41) is 3.77. The lowest BCUT2D eigenvalue weighted by Crippen LogP contribution is -2.07. The third kappa shape index (κ3) is 2.83. The third-order valence-electron chi connectivity index (χ3n) is 4.31. The number of benzene rings is 2. The Bertz CT molecular complexity index is 1320. The zero-order chi connectivity index (χ0) is 18.2. The molecule has 3 aromatic heterocycles. The average molecular weight is 354 g/mol. The van der Waals surface area contributed by atoms with Crippen molar-refractivity contribution >= 4 is 50.8 Å². The number of nitrogens with zero attached hydrogens (tertiary/aromatic N) is 2. The number of amides is 1. The fourth-order valence-corrected chi connectivity index (χ4v) is 3.06. The van der Waals surface area contributed by atoms with Gasteiger partial charge in [-0.15, -0.1) is 0 Å². The first-order chi connectivity index (χ1) is 13.3. The average Bonchev–Trinajstić information content (AvgIpc) is 3.32. The number of H-pyrrole nitrogens is 1. The molecule has 0 unspecified atom stereocenters. The molecule has 5 rings (SSSR count). The van der Waals surface area contributed by atoms with Crippen LogP contribution in [0.4, 0.5) is 5.69 Å². The van der Waals surface area contributed by atoms with Gasteiger partial charge in [0.05, 0.1) is 17.3 Å². The van der Waals surface area contributed by atoms with Crippen LogP contribution in [0.5, 0.6) is 0 Å². The molecule has 1 amide bonds. The Hall–Kier alpha value is -3.93. The molecular weight excluding hydrogens is 340 g/mol. The third-order valence-corrected chi connectivity index (χ3v) is 4.31. The van der Waals surface area contributed by atoms with Crippen LogP contribution >= 0.6 is 0 Å². The number of aromatic amines is 1. The molecule has 2 N–H and O–H groups in total. The standard InChI is InChI=1S/C21H14N4O2/c26-19(10-8-14-4-3-11-27-14)22-13-7-9-16-15(12-13)20-21(24-16)25-18-6-2-1-5-17(18)23-20/h1-12H,(H,22,26)(H,24,25). The first-order valence-corrected chi connectivity index (χ1v) is 8.47. The predicted octanol–water partition coefficient (Wildman–Crippen LogP) is 4.51. The largest absolute Gasteiger partial charge is 0.465 e.